The number of nitrogens with one attached hydrogen (secondary N) is 1. The molecule has 0 radical (unpaired) electrons. The van der Waals surface area contributed by atoms with Gasteiger partial charge in [0.2, 0.25) is 5.91 Å². The number of fused-ring (bicyclic) bond motifs is 1. The predicted octanol–water partition coefficient (Wildman–Crippen LogP) is 2.65. The van der Waals surface area contributed by atoms with Crippen molar-refractivity contribution in [3.8, 4) is 0 Å². The molecule has 8 heteroatoms. The van der Waals surface area contributed by atoms with E-state index in [0.29, 0.717) is 5.69 Å². The molecule has 2 aromatic carbocycles. The third-order valence-electron chi connectivity index (χ3n) is 3.83. The number of carboxylic acids is 1. The highest BCUT2D eigenvalue weighted by atomic mass is 127. The molecule has 0 aliphatic rings. The van der Waals surface area contributed by atoms with Crippen molar-refractivity contribution in [1.29, 1.82) is 0 Å². The number of carbonyl (C=O) groups is 2. The molecule has 7 nitrogen and oxygen atoms in total. The Kier molecular flexibility index (Phi) is 5.03. The lowest BCUT2D eigenvalue weighted by Gasteiger charge is -2.11. The molecule has 1 aromatic heterocycles. The molecule has 0 aliphatic carbocycles. The molecule has 26 heavy (non-hydrogen) atoms. The summed E-state index contributed by atoms with van der Waals surface area (Å²) in [7, 11) is 0. The molecular weight excluding hydrogens is 449 g/mol. The fraction of sp³-hybridized carbons (Fsp3) is 0.111. The van der Waals surface area contributed by atoms with Crippen LogP contribution in [-0.4, -0.2) is 26.8 Å². The van der Waals surface area contributed by atoms with Gasteiger partial charge in [-0.1, -0.05) is 18.2 Å². The number of carbonyl (C=O) groups excluding carboxylic acids is 1. The number of aryl methyl sites for hydroxylation is 1. The smallest absolute Gasteiger partial charge is 0.357 e. The van der Waals surface area contributed by atoms with Crippen LogP contribution in [0.25, 0.3) is 10.8 Å². The number of halogens is 1. The van der Waals surface area contributed by atoms with E-state index < -0.39 is 17.4 Å². The summed E-state index contributed by atoms with van der Waals surface area (Å²) < 4.78 is 1.92. The molecule has 0 aliphatic heterocycles. The Morgan fingerprint density at radius 2 is 1.88 bits per heavy atom. The zero-order valence-electron chi connectivity index (χ0n) is 13.7. The van der Waals surface area contributed by atoms with E-state index in [0.717, 1.165) is 13.8 Å². The Bertz CT molecular complexity index is 1090. The van der Waals surface area contributed by atoms with E-state index in [1.54, 1.807) is 18.2 Å². The first-order valence-electron chi connectivity index (χ1n) is 7.66. The lowest BCUT2D eigenvalue weighted by Crippen LogP contribution is -2.31. The van der Waals surface area contributed by atoms with Crippen LogP contribution in [0.5, 0.6) is 0 Å². The summed E-state index contributed by atoms with van der Waals surface area (Å²) in [5.41, 5.74) is 0.733. The van der Waals surface area contributed by atoms with Crippen LogP contribution in [0.4, 0.5) is 5.69 Å². The quantitative estimate of drug-likeness (QED) is 0.580. The molecule has 3 aromatic rings. The minimum absolute atomic E-state index is 0.207. The highest BCUT2D eigenvalue weighted by Gasteiger charge is 2.17. The molecule has 132 valence electrons. The first-order chi connectivity index (χ1) is 12.4. The normalized spacial score (nSPS) is 10.7. The Balaban J connectivity index is 1.95. The van der Waals surface area contributed by atoms with Crippen molar-refractivity contribution in [2.24, 2.45) is 0 Å². The van der Waals surface area contributed by atoms with Gasteiger partial charge in [-0.15, -0.1) is 0 Å². The molecule has 2 N–H and O–H groups in total. The second kappa shape index (κ2) is 7.24. The summed E-state index contributed by atoms with van der Waals surface area (Å²) in [6, 6.07) is 11.8. The largest absolute Gasteiger partial charge is 0.476 e. The van der Waals surface area contributed by atoms with Crippen molar-refractivity contribution in [3.63, 3.8) is 0 Å². The van der Waals surface area contributed by atoms with Gasteiger partial charge in [-0.3, -0.25) is 9.59 Å². The number of hydrogen-bond acceptors (Lipinski definition) is 4. The number of rotatable bonds is 4. The monoisotopic (exact) mass is 463 g/mol. The summed E-state index contributed by atoms with van der Waals surface area (Å²) >= 11 is 2.17. The summed E-state index contributed by atoms with van der Waals surface area (Å²) in [6.45, 7) is 1.48. The number of carboxylic acid groups (broad SMARTS) is 1. The van der Waals surface area contributed by atoms with E-state index in [2.05, 4.69) is 33.0 Å². The molecule has 0 fully saturated rings. The zero-order valence-corrected chi connectivity index (χ0v) is 15.9. The van der Waals surface area contributed by atoms with Gasteiger partial charge in [0, 0.05) is 14.6 Å². The molecule has 0 bridgehead atoms. The molecular formula is C18H14IN3O4. The van der Waals surface area contributed by atoms with Gasteiger partial charge in [-0.2, -0.15) is 5.10 Å². The van der Waals surface area contributed by atoms with Crippen molar-refractivity contribution in [3.05, 3.63) is 67.6 Å². The minimum atomic E-state index is -1.26. The molecule has 3 rings (SSSR count). The van der Waals surface area contributed by atoms with Gasteiger partial charge in [0.1, 0.15) is 6.54 Å². The van der Waals surface area contributed by atoms with Gasteiger partial charge in [0.15, 0.2) is 5.69 Å². The fourth-order valence-corrected chi connectivity index (χ4v) is 3.24. The Labute approximate surface area is 161 Å². The van der Waals surface area contributed by atoms with E-state index in [1.165, 1.54) is 12.1 Å². The Hall–Kier alpha value is -2.75. The average Bonchev–Trinajstić information content (AvgIpc) is 2.59. The number of aromatic nitrogens is 2. The Morgan fingerprint density at radius 3 is 2.54 bits per heavy atom. The summed E-state index contributed by atoms with van der Waals surface area (Å²) in [6.07, 6.45) is 0. The van der Waals surface area contributed by atoms with Crippen LogP contribution in [0.3, 0.4) is 0 Å². The Morgan fingerprint density at radius 1 is 1.19 bits per heavy atom. The highest BCUT2D eigenvalue weighted by molar-refractivity contribution is 14.1. The maximum Gasteiger partial charge on any atom is 0.357 e. The van der Waals surface area contributed by atoms with Crippen molar-refractivity contribution < 1.29 is 14.7 Å². The molecule has 0 saturated heterocycles. The second-order valence-electron chi connectivity index (χ2n) is 5.67. The predicted molar refractivity (Wildman–Crippen MR) is 105 cm³/mol. The number of hydrogen-bond donors (Lipinski definition) is 2. The summed E-state index contributed by atoms with van der Waals surface area (Å²) in [5, 5.41) is 16.4. The van der Waals surface area contributed by atoms with Crippen LogP contribution in [0.2, 0.25) is 0 Å². The van der Waals surface area contributed by atoms with Gasteiger partial charge >= 0.3 is 5.97 Å². The number of nitrogens with zero attached hydrogens (tertiary/aromatic N) is 2. The van der Waals surface area contributed by atoms with Crippen LogP contribution < -0.4 is 10.9 Å². The van der Waals surface area contributed by atoms with Crippen molar-refractivity contribution >= 4 is 50.9 Å². The van der Waals surface area contributed by atoms with E-state index in [-0.39, 0.29) is 23.0 Å². The number of aromatic carboxylic acids is 1. The number of anilines is 1. The molecule has 0 atom stereocenters. The van der Waals surface area contributed by atoms with E-state index in [9.17, 15) is 19.5 Å². The topological polar surface area (TPSA) is 101 Å². The van der Waals surface area contributed by atoms with Crippen LogP contribution >= 0.6 is 22.6 Å². The molecule has 0 unspecified atom stereocenters. The third-order valence-corrected chi connectivity index (χ3v) is 4.50. The highest BCUT2D eigenvalue weighted by Crippen LogP contribution is 2.18. The van der Waals surface area contributed by atoms with E-state index in [1.807, 2.05) is 19.1 Å². The first kappa shape index (κ1) is 18.1. The summed E-state index contributed by atoms with van der Waals surface area (Å²) in [5.74, 6) is -1.72. The van der Waals surface area contributed by atoms with E-state index in [4.69, 9.17) is 0 Å². The van der Waals surface area contributed by atoms with Gasteiger partial charge in [-0.05, 0) is 59.3 Å². The average molecular weight is 463 g/mol. The number of amides is 1. The fourth-order valence-electron chi connectivity index (χ4n) is 2.59. The first-order valence-corrected chi connectivity index (χ1v) is 8.74. The maximum absolute atomic E-state index is 12.5. The van der Waals surface area contributed by atoms with Crippen LogP contribution in [0.1, 0.15) is 16.1 Å². The van der Waals surface area contributed by atoms with Crippen molar-refractivity contribution in [2.45, 2.75) is 13.5 Å². The standard InChI is InChI=1S/C18H14IN3O4/c1-10-8-11(19)6-7-14(10)20-15(23)9-22-17(24)13-5-3-2-4-12(13)16(21-22)18(25)26/h2-8H,9H2,1H3,(H,20,23)(H,25,26). The van der Waals surface area contributed by atoms with Crippen molar-refractivity contribution in [1.82, 2.24) is 9.78 Å². The number of benzene rings is 2. The maximum atomic E-state index is 12.5. The van der Waals surface area contributed by atoms with Gasteiger partial charge in [0.25, 0.3) is 5.56 Å². The molecule has 1 heterocycles. The van der Waals surface area contributed by atoms with Crippen LogP contribution in [-0.2, 0) is 11.3 Å². The van der Waals surface area contributed by atoms with Crippen LogP contribution in [0, 0.1) is 10.5 Å². The van der Waals surface area contributed by atoms with Gasteiger partial charge < -0.3 is 10.4 Å². The SMILES string of the molecule is Cc1cc(I)ccc1NC(=O)Cn1nc(C(=O)O)c2ccccc2c1=O. The lowest BCUT2D eigenvalue weighted by atomic mass is 10.1. The van der Waals surface area contributed by atoms with Gasteiger partial charge in [0.05, 0.1) is 5.39 Å². The minimum Gasteiger partial charge on any atom is -0.476 e. The molecule has 0 saturated carbocycles. The molecule has 0 spiro atoms. The van der Waals surface area contributed by atoms with Crippen LogP contribution in [0.15, 0.2) is 47.3 Å². The summed E-state index contributed by atoms with van der Waals surface area (Å²) in [4.78, 5) is 36.3. The lowest BCUT2D eigenvalue weighted by molar-refractivity contribution is -0.117. The van der Waals surface area contributed by atoms with E-state index >= 15 is 0 Å². The van der Waals surface area contributed by atoms with Crippen molar-refractivity contribution in [2.75, 3.05) is 5.32 Å². The zero-order chi connectivity index (χ0) is 18.8. The third kappa shape index (κ3) is 3.59. The molecule has 1 amide bonds. The second-order valence-corrected chi connectivity index (χ2v) is 6.92. The van der Waals surface area contributed by atoms with Gasteiger partial charge in [-0.25, -0.2) is 9.48 Å².